The maximum atomic E-state index is 11.4. The monoisotopic (exact) mass is 480 g/mol. The van der Waals surface area contributed by atoms with E-state index >= 15 is 0 Å². The molecule has 0 bridgehead atoms. The van der Waals surface area contributed by atoms with Crippen LogP contribution >= 0.6 is 0 Å². The Morgan fingerprint density at radius 2 is 1.74 bits per heavy atom. The number of hydrogen-bond acceptors (Lipinski definition) is 6. The predicted octanol–water partition coefficient (Wildman–Crippen LogP) is 4.49. The van der Waals surface area contributed by atoms with Gasteiger partial charge in [0.2, 0.25) is 0 Å². The number of nitrogens with zero attached hydrogens (tertiary/aromatic N) is 3. The average molecular weight is 481 g/mol. The smallest absolute Gasteiger partial charge is 0.199 e. The van der Waals surface area contributed by atoms with Crippen LogP contribution in [0.1, 0.15) is 38.3 Å². The third kappa shape index (κ3) is 5.36. The molecule has 7 heteroatoms. The van der Waals surface area contributed by atoms with Crippen molar-refractivity contribution in [3.8, 4) is 17.4 Å². The lowest BCUT2D eigenvalue weighted by atomic mass is 10.0. The van der Waals surface area contributed by atoms with Gasteiger partial charge in [-0.1, -0.05) is 26.0 Å². The number of aromatic hydroxyl groups is 1. The Bertz CT molecular complexity index is 1110. The van der Waals surface area contributed by atoms with Crippen molar-refractivity contribution < 1.29 is 14.6 Å². The highest BCUT2D eigenvalue weighted by molar-refractivity contribution is 5.98. The molecule has 2 heterocycles. The van der Waals surface area contributed by atoms with E-state index in [1.54, 1.807) is 14.2 Å². The Morgan fingerprint density at radius 1 is 0.971 bits per heavy atom. The number of benzene rings is 2. The molecule has 4 rings (SSSR count). The number of methoxy groups -OCH3 is 2. The van der Waals surface area contributed by atoms with Crippen molar-refractivity contribution in [2.75, 3.05) is 64.9 Å². The molecule has 2 aromatic carbocycles. The molecular weight excluding hydrogens is 440 g/mol. The number of anilines is 1. The van der Waals surface area contributed by atoms with Crippen LogP contribution in [0.25, 0.3) is 10.8 Å². The van der Waals surface area contributed by atoms with Gasteiger partial charge in [-0.25, -0.2) is 0 Å². The standard InChI is InChI=1S/C28H40N4O3/c1-5-29-14-8-11-24(21-12-13-26(34-3)27(19-21)35-4)32-20-23-22(28(32)33)9-7-10-25(23)31-17-15-30(6-2)16-18-31/h7,9-10,12-13,19-20,24,29,33H,5-6,8,11,14-18H2,1-4H3/t24-/m1/s1. The van der Waals surface area contributed by atoms with E-state index in [0.717, 1.165) is 75.0 Å². The van der Waals surface area contributed by atoms with E-state index in [4.69, 9.17) is 9.47 Å². The van der Waals surface area contributed by atoms with E-state index in [-0.39, 0.29) is 6.04 Å². The molecule has 1 aliphatic rings. The van der Waals surface area contributed by atoms with Crippen LogP contribution < -0.4 is 19.7 Å². The molecule has 0 amide bonds. The SMILES string of the molecule is CCNCCC[C@H](c1ccc(OC)c(OC)c1)n1cc2c(N3CCN(CC)CC3)cccc2c1O. The van der Waals surface area contributed by atoms with Crippen LogP contribution in [0.3, 0.4) is 0 Å². The number of fused-ring (bicyclic) bond motifs is 1. The second kappa shape index (κ2) is 11.7. The van der Waals surface area contributed by atoms with Gasteiger partial charge in [-0.05, 0) is 62.3 Å². The average Bonchev–Trinajstić information content (AvgIpc) is 3.24. The number of rotatable bonds is 11. The predicted molar refractivity (Wildman–Crippen MR) is 143 cm³/mol. The second-order valence-electron chi connectivity index (χ2n) is 9.15. The van der Waals surface area contributed by atoms with Gasteiger partial charge >= 0.3 is 0 Å². The summed E-state index contributed by atoms with van der Waals surface area (Å²) in [6.45, 7) is 11.5. The van der Waals surface area contributed by atoms with Crippen LogP contribution in [0.4, 0.5) is 5.69 Å². The molecule has 1 saturated heterocycles. The lowest BCUT2D eigenvalue weighted by Crippen LogP contribution is -2.46. The third-order valence-corrected chi connectivity index (χ3v) is 7.21. The molecule has 0 saturated carbocycles. The number of likely N-dealkylation sites (N-methyl/N-ethyl adjacent to an activating group) is 1. The molecule has 7 nitrogen and oxygen atoms in total. The van der Waals surface area contributed by atoms with Gasteiger partial charge in [-0.3, -0.25) is 0 Å². The van der Waals surface area contributed by atoms with Crippen molar-refractivity contribution in [3.05, 3.63) is 48.2 Å². The molecule has 0 unspecified atom stereocenters. The topological polar surface area (TPSA) is 62.1 Å². The summed E-state index contributed by atoms with van der Waals surface area (Å²) in [5.41, 5.74) is 2.29. The Balaban J connectivity index is 1.72. The van der Waals surface area contributed by atoms with E-state index in [2.05, 4.69) is 53.4 Å². The van der Waals surface area contributed by atoms with Gasteiger partial charge in [-0.2, -0.15) is 0 Å². The van der Waals surface area contributed by atoms with Gasteiger partial charge in [0.05, 0.1) is 20.3 Å². The van der Waals surface area contributed by atoms with E-state index in [1.165, 1.54) is 5.69 Å². The molecule has 1 fully saturated rings. The summed E-state index contributed by atoms with van der Waals surface area (Å²) in [6.07, 6.45) is 4.02. The minimum absolute atomic E-state index is 0.0225. The Labute approximate surface area is 209 Å². The van der Waals surface area contributed by atoms with Crippen molar-refractivity contribution in [1.82, 2.24) is 14.8 Å². The molecule has 0 radical (unpaired) electrons. The molecule has 2 N–H and O–H groups in total. The first-order valence-electron chi connectivity index (χ1n) is 12.8. The van der Waals surface area contributed by atoms with E-state index in [9.17, 15) is 5.11 Å². The van der Waals surface area contributed by atoms with Crippen LogP contribution in [0, 0.1) is 0 Å². The van der Waals surface area contributed by atoms with E-state index in [0.29, 0.717) is 17.4 Å². The van der Waals surface area contributed by atoms with E-state index < -0.39 is 0 Å². The van der Waals surface area contributed by atoms with E-state index in [1.807, 2.05) is 22.8 Å². The van der Waals surface area contributed by atoms with Crippen molar-refractivity contribution in [3.63, 3.8) is 0 Å². The lowest BCUT2D eigenvalue weighted by Gasteiger charge is -2.35. The highest BCUT2D eigenvalue weighted by atomic mass is 16.5. The summed E-state index contributed by atoms with van der Waals surface area (Å²) < 4.78 is 13.1. The maximum absolute atomic E-state index is 11.4. The van der Waals surface area contributed by atoms with Gasteiger partial charge in [-0.15, -0.1) is 0 Å². The molecule has 1 aromatic heterocycles. The highest BCUT2D eigenvalue weighted by Crippen LogP contribution is 2.40. The minimum Gasteiger partial charge on any atom is -0.494 e. The Morgan fingerprint density at radius 3 is 2.43 bits per heavy atom. The number of piperazine rings is 1. The highest BCUT2D eigenvalue weighted by Gasteiger charge is 2.24. The summed E-state index contributed by atoms with van der Waals surface area (Å²) in [5, 5.41) is 16.8. The zero-order valence-electron chi connectivity index (χ0n) is 21.6. The summed E-state index contributed by atoms with van der Waals surface area (Å²) >= 11 is 0. The van der Waals surface area contributed by atoms with Gasteiger partial charge in [0.15, 0.2) is 17.4 Å². The first-order chi connectivity index (χ1) is 17.1. The van der Waals surface area contributed by atoms with Crippen molar-refractivity contribution in [1.29, 1.82) is 0 Å². The number of nitrogens with one attached hydrogen (secondary N) is 1. The quantitative estimate of drug-likeness (QED) is 0.395. The largest absolute Gasteiger partial charge is 0.494 e. The summed E-state index contributed by atoms with van der Waals surface area (Å²) in [6, 6.07) is 12.3. The fourth-order valence-corrected chi connectivity index (χ4v) is 5.16. The molecular formula is C28H40N4O3. The summed E-state index contributed by atoms with van der Waals surface area (Å²) in [4.78, 5) is 4.94. The molecule has 1 aliphatic heterocycles. The Kier molecular flexibility index (Phi) is 8.42. The Hall–Kier alpha value is -2.90. The van der Waals surface area contributed by atoms with Crippen LogP contribution in [0.5, 0.6) is 17.4 Å². The third-order valence-electron chi connectivity index (χ3n) is 7.21. The van der Waals surface area contributed by atoms with Gasteiger partial charge in [0.1, 0.15) is 0 Å². The molecule has 0 spiro atoms. The zero-order valence-corrected chi connectivity index (χ0v) is 21.6. The van der Waals surface area contributed by atoms with Crippen molar-refractivity contribution in [2.24, 2.45) is 0 Å². The molecule has 3 aromatic rings. The first kappa shape index (κ1) is 25.2. The minimum atomic E-state index is -0.0225. The first-order valence-corrected chi connectivity index (χ1v) is 12.8. The molecule has 190 valence electrons. The molecule has 0 aliphatic carbocycles. The van der Waals surface area contributed by atoms with Gasteiger partial charge < -0.3 is 34.3 Å². The second-order valence-corrected chi connectivity index (χ2v) is 9.15. The van der Waals surface area contributed by atoms with Gasteiger partial charge in [0, 0.05) is 48.8 Å². The summed E-state index contributed by atoms with van der Waals surface area (Å²) in [7, 11) is 3.31. The van der Waals surface area contributed by atoms with Crippen LogP contribution in [-0.4, -0.2) is 74.6 Å². The lowest BCUT2D eigenvalue weighted by molar-refractivity contribution is 0.271. The normalized spacial score (nSPS) is 15.5. The van der Waals surface area contributed by atoms with Crippen molar-refractivity contribution >= 4 is 16.5 Å². The summed E-state index contributed by atoms with van der Waals surface area (Å²) in [5.74, 6) is 1.72. The number of aromatic nitrogens is 1. The zero-order chi connectivity index (χ0) is 24.8. The van der Waals surface area contributed by atoms with Crippen LogP contribution in [0.15, 0.2) is 42.6 Å². The van der Waals surface area contributed by atoms with Crippen LogP contribution in [-0.2, 0) is 0 Å². The van der Waals surface area contributed by atoms with Crippen LogP contribution in [0.2, 0.25) is 0 Å². The maximum Gasteiger partial charge on any atom is 0.199 e. The fraction of sp³-hybridized carbons (Fsp3) is 0.500. The number of hydrogen-bond donors (Lipinski definition) is 2. The molecule has 1 atom stereocenters. The molecule has 35 heavy (non-hydrogen) atoms. The van der Waals surface area contributed by atoms with Crippen molar-refractivity contribution in [2.45, 2.75) is 32.7 Å². The fourth-order valence-electron chi connectivity index (χ4n) is 5.16. The number of ether oxygens (including phenoxy) is 2. The van der Waals surface area contributed by atoms with Gasteiger partial charge in [0.25, 0.3) is 0 Å².